The van der Waals surface area contributed by atoms with Gasteiger partial charge in [0.15, 0.2) is 0 Å². The first-order valence-corrected chi connectivity index (χ1v) is 7.37. The molecule has 1 unspecified atom stereocenters. The highest BCUT2D eigenvalue weighted by Gasteiger charge is 2.32. The van der Waals surface area contributed by atoms with E-state index in [1.165, 1.54) is 30.4 Å². The van der Waals surface area contributed by atoms with Crippen molar-refractivity contribution in [3.63, 3.8) is 0 Å². The first-order chi connectivity index (χ1) is 8.04. The highest BCUT2D eigenvalue weighted by Crippen LogP contribution is 2.41. The Morgan fingerprint density at radius 2 is 2.18 bits per heavy atom. The van der Waals surface area contributed by atoms with Crippen molar-refractivity contribution in [2.75, 3.05) is 6.61 Å². The van der Waals surface area contributed by atoms with E-state index in [-0.39, 0.29) is 5.41 Å². The molecule has 0 spiro atoms. The van der Waals surface area contributed by atoms with Crippen LogP contribution in [-0.2, 0) is 5.41 Å². The lowest BCUT2D eigenvalue weighted by Gasteiger charge is -2.17. The zero-order chi connectivity index (χ0) is 12.5. The maximum atomic E-state index is 5.71. The lowest BCUT2D eigenvalue weighted by molar-refractivity contribution is 0.291. The third-order valence-electron chi connectivity index (χ3n) is 3.49. The van der Waals surface area contributed by atoms with Crippen LogP contribution in [0.15, 0.2) is 18.2 Å². The summed E-state index contributed by atoms with van der Waals surface area (Å²) in [4.78, 5) is 0.476. The Kier molecular flexibility index (Phi) is 3.82. The molecule has 1 heterocycles. The zero-order valence-corrected chi connectivity index (χ0v) is 12.5. The van der Waals surface area contributed by atoms with E-state index in [1.54, 1.807) is 0 Å². The predicted octanol–water partition coefficient (Wildman–Crippen LogP) is 4.98. The lowest BCUT2D eigenvalue weighted by atomic mass is 9.85. The Morgan fingerprint density at radius 1 is 1.41 bits per heavy atom. The second-order valence-corrected chi connectivity index (χ2v) is 6.64. The van der Waals surface area contributed by atoms with Crippen LogP contribution in [0.5, 0.6) is 5.75 Å². The van der Waals surface area contributed by atoms with Crippen LogP contribution in [0.3, 0.4) is 0 Å². The fourth-order valence-corrected chi connectivity index (χ4v) is 2.89. The molecule has 1 aromatic rings. The summed E-state index contributed by atoms with van der Waals surface area (Å²) in [7, 11) is 0. The zero-order valence-electron chi connectivity index (χ0n) is 10.9. The van der Waals surface area contributed by atoms with Crippen molar-refractivity contribution in [2.45, 2.75) is 50.3 Å². The molecule has 0 bridgehead atoms. The van der Waals surface area contributed by atoms with Crippen LogP contribution in [0.2, 0.25) is 0 Å². The average molecular weight is 297 g/mol. The Balaban J connectivity index is 2.21. The van der Waals surface area contributed by atoms with Crippen molar-refractivity contribution in [3.05, 3.63) is 29.3 Å². The molecule has 0 N–H and O–H groups in total. The Bertz CT molecular complexity index is 398. The molecule has 1 aliphatic rings. The summed E-state index contributed by atoms with van der Waals surface area (Å²) >= 11 is 3.79. The SMILES string of the molecule is CCCCC(Br)c1ccc2c(c1)C(C)(C)CO2. The number of benzene rings is 1. The molecule has 0 aromatic heterocycles. The highest BCUT2D eigenvalue weighted by atomic mass is 79.9. The van der Waals surface area contributed by atoms with Gasteiger partial charge in [0.2, 0.25) is 0 Å². The standard InChI is InChI=1S/C15H21BrO/c1-4-5-6-13(16)11-7-8-14-12(9-11)15(2,3)10-17-14/h7-9,13H,4-6,10H2,1-3H3. The largest absolute Gasteiger partial charge is 0.492 e. The van der Waals surface area contributed by atoms with Crippen LogP contribution < -0.4 is 4.74 Å². The van der Waals surface area contributed by atoms with E-state index in [0.717, 1.165) is 12.4 Å². The van der Waals surface area contributed by atoms with Gasteiger partial charge in [0.05, 0.1) is 6.61 Å². The molecule has 2 heteroatoms. The summed E-state index contributed by atoms with van der Waals surface area (Å²) in [6.07, 6.45) is 3.73. The number of halogens is 1. The van der Waals surface area contributed by atoms with Crippen LogP contribution in [0.25, 0.3) is 0 Å². The normalized spacial score (nSPS) is 18.6. The molecule has 94 valence electrons. The fraction of sp³-hybridized carbons (Fsp3) is 0.600. The van der Waals surface area contributed by atoms with Crippen molar-refractivity contribution in [1.29, 1.82) is 0 Å². The molecule has 0 saturated heterocycles. The summed E-state index contributed by atoms with van der Waals surface area (Å²) in [5.41, 5.74) is 2.90. The van der Waals surface area contributed by atoms with Gasteiger partial charge in [-0.1, -0.05) is 61.7 Å². The predicted molar refractivity (Wildman–Crippen MR) is 76.2 cm³/mol. The minimum absolute atomic E-state index is 0.156. The van der Waals surface area contributed by atoms with E-state index in [0.29, 0.717) is 4.83 Å². The van der Waals surface area contributed by atoms with Gasteiger partial charge in [-0.05, 0) is 18.1 Å². The molecule has 1 nitrogen and oxygen atoms in total. The number of hydrogen-bond acceptors (Lipinski definition) is 1. The molecule has 1 aromatic carbocycles. The molecule has 2 rings (SSSR count). The van der Waals surface area contributed by atoms with Gasteiger partial charge in [0.1, 0.15) is 5.75 Å². The molecule has 0 radical (unpaired) electrons. The van der Waals surface area contributed by atoms with Crippen molar-refractivity contribution < 1.29 is 4.74 Å². The summed E-state index contributed by atoms with van der Waals surface area (Å²) < 4.78 is 5.71. The minimum atomic E-state index is 0.156. The highest BCUT2D eigenvalue weighted by molar-refractivity contribution is 9.09. The Morgan fingerprint density at radius 3 is 2.88 bits per heavy atom. The van der Waals surface area contributed by atoms with Crippen molar-refractivity contribution in [1.82, 2.24) is 0 Å². The average Bonchev–Trinajstić information content (AvgIpc) is 2.62. The molecule has 0 saturated carbocycles. The molecular weight excluding hydrogens is 276 g/mol. The van der Waals surface area contributed by atoms with E-state index >= 15 is 0 Å². The lowest BCUT2D eigenvalue weighted by Crippen LogP contribution is -2.18. The second-order valence-electron chi connectivity index (χ2n) is 5.54. The van der Waals surface area contributed by atoms with Gasteiger partial charge in [-0.25, -0.2) is 0 Å². The van der Waals surface area contributed by atoms with E-state index < -0.39 is 0 Å². The first-order valence-electron chi connectivity index (χ1n) is 6.46. The molecule has 1 aliphatic heterocycles. The first kappa shape index (κ1) is 12.9. The van der Waals surface area contributed by atoms with Crippen molar-refractivity contribution in [2.24, 2.45) is 0 Å². The van der Waals surface area contributed by atoms with E-state index in [4.69, 9.17) is 4.74 Å². The third kappa shape index (κ3) is 2.67. The molecule has 1 atom stereocenters. The van der Waals surface area contributed by atoms with Gasteiger partial charge in [0.25, 0.3) is 0 Å². The van der Waals surface area contributed by atoms with E-state index in [2.05, 4.69) is 54.9 Å². The summed E-state index contributed by atoms with van der Waals surface area (Å²) in [5.74, 6) is 1.06. The summed E-state index contributed by atoms with van der Waals surface area (Å²) in [6, 6.07) is 6.63. The van der Waals surface area contributed by atoms with Crippen LogP contribution in [0.4, 0.5) is 0 Å². The molecule has 0 fully saturated rings. The van der Waals surface area contributed by atoms with Crippen LogP contribution in [0.1, 0.15) is 56.0 Å². The van der Waals surface area contributed by atoms with Crippen LogP contribution in [-0.4, -0.2) is 6.61 Å². The summed E-state index contributed by atoms with van der Waals surface area (Å²) in [6.45, 7) is 7.53. The molecule has 0 aliphatic carbocycles. The minimum Gasteiger partial charge on any atom is -0.492 e. The van der Waals surface area contributed by atoms with E-state index in [1.807, 2.05) is 0 Å². The molecular formula is C15H21BrO. The van der Waals surface area contributed by atoms with Crippen molar-refractivity contribution >= 4 is 15.9 Å². The maximum Gasteiger partial charge on any atom is 0.123 e. The van der Waals surface area contributed by atoms with Gasteiger partial charge in [-0.15, -0.1) is 0 Å². The van der Waals surface area contributed by atoms with Crippen molar-refractivity contribution in [3.8, 4) is 5.75 Å². The fourth-order valence-electron chi connectivity index (χ4n) is 2.28. The monoisotopic (exact) mass is 296 g/mol. The van der Waals surface area contributed by atoms with Crippen LogP contribution in [0, 0.1) is 0 Å². The van der Waals surface area contributed by atoms with Gasteiger partial charge < -0.3 is 4.74 Å². The quantitative estimate of drug-likeness (QED) is 0.712. The maximum absolute atomic E-state index is 5.71. The third-order valence-corrected chi connectivity index (χ3v) is 4.48. The molecule has 0 amide bonds. The number of fused-ring (bicyclic) bond motifs is 1. The van der Waals surface area contributed by atoms with Gasteiger partial charge in [0, 0.05) is 15.8 Å². The number of alkyl halides is 1. The molecule has 17 heavy (non-hydrogen) atoms. The smallest absolute Gasteiger partial charge is 0.123 e. The van der Waals surface area contributed by atoms with E-state index in [9.17, 15) is 0 Å². The number of rotatable bonds is 4. The summed E-state index contributed by atoms with van der Waals surface area (Å²) in [5, 5.41) is 0. The van der Waals surface area contributed by atoms with Gasteiger partial charge >= 0.3 is 0 Å². The van der Waals surface area contributed by atoms with Crippen LogP contribution >= 0.6 is 15.9 Å². The van der Waals surface area contributed by atoms with Gasteiger partial charge in [-0.2, -0.15) is 0 Å². The number of ether oxygens (including phenoxy) is 1. The number of unbranched alkanes of at least 4 members (excludes halogenated alkanes) is 1. The topological polar surface area (TPSA) is 9.23 Å². The second kappa shape index (κ2) is 5.01. The Hall–Kier alpha value is -0.500. The Labute approximate surface area is 113 Å². The van der Waals surface area contributed by atoms with Gasteiger partial charge in [-0.3, -0.25) is 0 Å². The number of hydrogen-bond donors (Lipinski definition) is 0.